The summed E-state index contributed by atoms with van der Waals surface area (Å²) in [6.45, 7) is 6.28. The molecule has 3 rings (SSSR count). The quantitative estimate of drug-likeness (QED) is 0.876. The lowest BCUT2D eigenvalue weighted by Gasteiger charge is -2.26. The lowest BCUT2D eigenvalue weighted by molar-refractivity contribution is 0.505. The first-order valence-electron chi connectivity index (χ1n) is 6.63. The number of anilines is 1. The van der Waals surface area contributed by atoms with Crippen LogP contribution in [-0.2, 0) is 13.0 Å². The number of aryl methyl sites for hydroxylation is 2. The van der Waals surface area contributed by atoms with Gasteiger partial charge in [0, 0.05) is 18.0 Å². The third kappa shape index (κ3) is 1.90. The van der Waals surface area contributed by atoms with Crippen LogP contribution in [0.4, 0.5) is 5.82 Å². The predicted octanol–water partition coefficient (Wildman–Crippen LogP) is 2.96. The molecule has 0 spiro atoms. The molecule has 0 aliphatic carbocycles. The maximum absolute atomic E-state index is 4.48. The largest absolute Gasteiger partial charge is 0.369 e. The van der Waals surface area contributed by atoms with Gasteiger partial charge in [0.1, 0.15) is 5.82 Å². The molecule has 2 aromatic rings. The van der Waals surface area contributed by atoms with Crippen LogP contribution < -0.4 is 5.32 Å². The van der Waals surface area contributed by atoms with Crippen molar-refractivity contribution in [3.8, 4) is 0 Å². The van der Waals surface area contributed by atoms with E-state index in [1.165, 1.54) is 22.5 Å². The van der Waals surface area contributed by atoms with Crippen molar-refractivity contribution >= 4 is 5.82 Å². The molecule has 94 valence electrons. The summed E-state index contributed by atoms with van der Waals surface area (Å²) in [7, 11) is 0. The number of fused-ring (bicyclic) bond motifs is 1. The topological polar surface area (TPSA) is 29.9 Å². The first-order chi connectivity index (χ1) is 8.78. The molecule has 1 N–H and O–H groups in total. The molecule has 0 bridgehead atoms. The average Bonchev–Trinajstić information content (AvgIpc) is 2.81. The molecule has 1 aliphatic rings. The van der Waals surface area contributed by atoms with Crippen molar-refractivity contribution in [2.75, 3.05) is 11.9 Å². The minimum absolute atomic E-state index is 0.516. The van der Waals surface area contributed by atoms with E-state index in [1.54, 1.807) is 0 Å². The molecule has 1 aromatic carbocycles. The molecule has 0 radical (unpaired) electrons. The molecular formula is C15H19N3. The van der Waals surface area contributed by atoms with Gasteiger partial charge < -0.3 is 5.32 Å². The Labute approximate surface area is 108 Å². The molecule has 2 heterocycles. The second-order valence-corrected chi connectivity index (χ2v) is 5.04. The van der Waals surface area contributed by atoms with Crippen LogP contribution >= 0.6 is 0 Å². The number of nitrogens with zero attached hydrogens (tertiary/aromatic N) is 2. The van der Waals surface area contributed by atoms with Gasteiger partial charge in [-0.05, 0) is 18.9 Å². The Balaban J connectivity index is 1.84. The number of rotatable bonds is 2. The number of hydrogen-bond acceptors (Lipinski definition) is 2. The highest BCUT2D eigenvalue weighted by molar-refractivity contribution is 5.46. The van der Waals surface area contributed by atoms with E-state index in [0.717, 1.165) is 19.5 Å². The first-order valence-corrected chi connectivity index (χ1v) is 6.63. The van der Waals surface area contributed by atoms with Gasteiger partial charge in [-0.1, -0.05) is 36.8 Å². The molecular weight excluding hydrogens is 222 g/mol. The molecule has 3 heteroatoms. The van der Waals surface area contributed by atoms with E-state index in [4.69, 9.17) is 0 Å². The molecule has 3 nitrogen and oxygen atoms in total. The minimum atomic E-state index is 0.516. The van der Waals surface area contributed by atoms with Crippen molar-refractivity contribution in [2.45, 2.75) is 32.7 Å². The van der Waals surface area contributed by atoms with Crippen LogP contribution in [-0.4, -0.2) is 16.3 Å². The van der Waals surface area contributed by atoms with E-state index >= 15 is 0 Å². The van der Waals surface area contributed by atoms with Gasteiger partial charge in [0.15, 0.2) is 0 Å². The van der Waals surface area contributed by atoms with Crippen LogP contribution in [0.25, 0.3) is 0 Å². The van der Waals surface area contributed by atoms with E-state index in [9.17, 15) is 0 Å². The molecule has 1 aromatic heterocycles. The molecule has 1 atom stereocenters. The Morgan fingerprint density at radius 2 is 2.11 bits per heavy atom. The van der Waals surface area contributed by atoms with E-state index in [1.807, 2.05) is 6.20 Å². The van der Waals surface area contributed by atoms with Crippen LogP contribution in [0.1, 0.15) is 29.5 Å². The normalized spacial score (nSPS) is 18.2. The van der Waals surface area contributed by atoms with Gasteiger partial charge in [0.2, 0.25) is 0 Å². The summed E-state index contributed by atoms with van der Waals surface area (Å²) < 4.78 is 2.10. The molecule has 0 saturated heterocycles. The van der Waals surface area contributed by atoms with Crippen LogP contribution in [0.15, 0.2) is 30.5 Å². The minimum Gasteiger partial charge on any atom is -0.369 e. The zero-order valence-corrected chi connectivity index (χ0v) is 11.0. The number of benzene rings is 1. The van der Waals surface area contributed by atoms with Crippen molar-refractivity contribution < 1.29 is 0 Å². The highest BCUT2D eigenvalue weighted by Gasteiger charge is 2.21. The molecule has 0 fully saturated rings. The van der Waals surface area contributed by atoms with Crippen LogP contribution in [0, 0.1) is 6.92 Å². The summed E-state index contributed by atoms with van der Waals surface area (Å²) in [6.07, 6.45) is 3.03. The van der Waals surface area contributed by atoms with Gasteiger partial charge in [0.05, 0.1) is 12.7 Å². The van der Waals surface area contributed by atoms with E-state index < -0.39 is 0 Å². The fraction of sp³-hybridized carbons (Fsp3) is 0.400. The Bertz CT molecular complexity index is 539. The SMILES string of the molecule is CCc1cnn2c1NCC(c1ccc(C)cc1)C2. The molecule has 18 heavy (non-hydrogen) atoms. The van der Waals surface area contributed by atoms with E-state index in [-0.39, 0.29) is 0 Å². The number of aromatic nitrogens is 2. The second-order valence-electron chi connectivity index (χ2n) is 5.04. The number of nitrogens with one attached hydrogen (secondary N) is 1. The second kappa shape index (κ2) is 4.48. The molecule has 0 saturated carbocycles. The van der Waals surface area contributed by atoms with E-state index in [2.05, 4.69) is 53.2 Å². The van der Waals surface area contributed by atoms with E-state index in [0.29, 0.717) is 5.92 Å². The zero-order chi connectivity index (χ0) is 12.5. The third-order valence-corrected chi connectivity index (χ3v) is 3.75. The Morgan fingerprint density at radius 1 is 1.33 bits per heavy atom. The van der Waals surface area contributed by atoms with Crippen molar-refractivity contribution in [1.82, 2.24) is 9.78 Å². The first kappa shape index (κ1) is 11.3. The van der Waals surface area contributed by atoms with Crippen LogP contribution in [0.3, 0.4) is 0 Å². The monoisotopic (exact) mass is 241 g/mol. The smallest absolute Gasteiger partial charge is 0.127 e. The summed E-state index contributed by atoms with van der Waals surface area (Å²) in [5, 5.41) is 8.00. The van der Waals surface area contributed by atoms with Crippen molar-refractivity contribution in [1.29, 1.82) is 0 Å². The predicted molar refractivity (Wildman–Crippen MR) is 74.0 cm³/mol. The Morgan fingerprint density at radius 3 is 2.83 bits per heavy atom. The molecule has 1 unspecified atom stereocenters. The molecule has 1 aliphatic heterocycles. The maximum atomic E-state index is 4.48. The highest BCUT2D eigenvalue weighted by Crippen LogP contribution is 2.27. The lowest BCUT2D eigenvalue weighted by atomic mass is 9.96. The fourth-order valence-corrected chi connectivity index (χ4v) is 2.58. The van der Waals surface area contributed by atoms with Gasteiger partial charge in [-0.25, -0.2) is 4.68 Å². The zero-order valence-electron chi connectivity index (χ0n) is 11.0. The van der Waals surface area contributed by atoms with Gasteiger partial charge in [0.25, 0.3) is 0 Å². The fourth-order valence-electron chi connectivity index (χ4n) is 2.58. The van der Waals surface area contributed by atoms with Gasteiger partial charge in [-0.3, -0.25) is 0 Å². The van der Waals surface area contributed by atoms with Crippen LogP contribution in [0.5, 0.6) is 0 Å². The maximum Gasteiger partial charge on any atom is 0.127 e. The molecule has 0 amide bonds. The third-order valence-electron chi connectivity index (χ3n) is 3.75. The Kier molecular flexibility index (Phi) is 2.82. The number of hydrogen-bond donors (Lipinski definition) is 1. The highest BCUT2D eigenvalue weighted by atomic mass is 15.3. The van der Waals surface area contributed by atoms with Gasteiger partial charge >= 0.3 is 0 Å². The average molecular weight is 241 g/mol. The van der Waals surface area contributed by atoms with Crippen molar-refractivity contribution in [3.05, 3.63) is 47.2 Å². The Hall–Kier alpha value is -1.77. The van der Waals surface area contributed by atoms with Crippen LogP contribution in [0.2, 0.25) is 0 Å². The van der Waals surface area contributed by atoms with Gasteiger partial charge in [-0.15, -0.1) is 0 Å². The summed E-state index contributed by atoms with van der Waals surface area (Å²) in [6, 6.07) is 8.84. The summed E-state index contributed by atoms with van der Waals surface area (Å²) in [5.74, 6) is 1.73. The van der Waals surface area contributed by atoms with Crippen molar-refractivity contribution in [3.63, 3.8) is 0 Å². The summed E-state index contributed by atoms with van der Waals surface area (Å²) >= 11 is 0. The van der Waals surface area contributed by atoms with Crippen molar-refractivity contribution in [2.24, 2.45) is 0 Å². The summed E-state index contributed by atoms with van der Waals surface area (Å²) in [5.41, 5.74) is 4.03. The lowest BCUT2D eigenvalue weighted by Crippen LogP contribution is -2.26. The summed E-state index contributed by atoms with van der Waals surface area (Å²) in [4.78, 5) is 0. The standard InChI is InChI=1S/C15H19N3/c1-3-12-9-17-18-10-14(8-16-15(12)18)13-6-4-11(2)5-7-13/h4-7,9,14,16H,3,8,10H2,1-2H3. The van der Waals surface area contributed by atoms with Gasteiger partial charge in [-0.2, -0.15) is 5.10 Å².